The number of methoxy groups -OCH3 is 1. The summed E-state index contributed by atoms with van der Waals surface area (Å²) in [7, 11) is 1.50. The summed E-state index contributed by atoms with van der Waals surface area (Å²) < 4.78 is 11.7. The van der Waals surface area contributed by atoms with Gasteiger partial charge in [0.25, 0.3) is 0 Å². The van der Waals surface area contributed by atoms with Gasteiger partial charge >= 0.3 is 12.0 Å². The molecule has 0 bridgehead atoms. The van der Waals surface area contributed by atoms with Gasteiger partial charge in [0.2, 0.25) is 0 Å². The first-order chi connectivity index (χ1) is 12.2. The van der Waals surface area contributed by atoms with Gasteiger partial charge < -0.3 is 20.1 Å². The lowest BCUT2D eigenvalue weighted by Crippen LogP contribution is -2.24. The van der Waals surface area contributed by atoms with Crippen molar-refractivity contribution < 1.29 is 19.1 Å². The average Bonchev–Trinajstić information content (AvgIpc) is 2.99. The maximum Gasteiger partial charge on any atom is 0.323 e. The van der Waals surface area contributed by atoms with Crippen molar-refractivity contribution in [2.45, 2.75) is 27.5 Å². The van der Waals surface area contributed by atoms with Crippen LogP contribution in [0.25, 0.3) is 0 Å². The summed E-state index contributed by atoms with van der Waals surface area (Å²) in [5.41, 5.74) is 0.281. The van der Waals surface area contributed by atoms with Crippen LogP contribution in [0.15, 0.2) is 30.6 Å². The molecule has 0 aliphatic carbocycles. The molecule has 0 saturated heterocycles. The fraction of sp³-hybridized carbons (Fsp3) is 0.353. The molecule has 0 spiro atoms. The Morgan fingerprint density at radius 3 is 2.65 bits per heavy atom. The highest BCUT2D eigenvalue weighted by molar-refractivity contribution is 6.31. The molecule has 26 heavy (non-hydrogen) atoms. The normalized spacial score (nSPS) is 11.0. The molecule has 1 aromatic carbocycles. The molecule has 0 fully saturated rings. The van der Waals surface area contributed by atoms with Crippen molar-refractivity contribution in [2.75, 3.05) is 17.7 Å². The Morgan fingerprint density at radius 2 is 2.00 bits per heavy atom. The minimum Gasteiger partial charge on any atom is -0.495 e. The number of ether oxygens (including phenoxy) is 2. The van der Waals surface area contributed by atoms with Crippen molar-refractivity contribution in [1.82, 2.24) is 9.78 Å². The zero-order valence-corrected chi connectivity index (χ0v) is 15.8. The van der Waals surface area contributed by atoms with Gasteiger partial charge in [0.1, 0.15) is 5.75 Å². The molecular formula is C17H21ClN4O4. The number of hydrogen-bond donors (Lipinski definition) is 2. The molecule has 0 unspecified atom stereocenters. The molecule has 1 heterocycles. The van der Waals surface area contributed by atoms with Crippen LogP contribution in [-0.4, -0.2) is 28.9 Å². The summed E-state index contributed by atoms with van der Waals surface area (Å²) in [6.45, 7) is 5.25. The van der Waals surface area contributed by atoms with Gasteiger partial charge in [-0.05, 0) is 39.0 Å². The zero-order chi connectivity index (χ0) is 19.3. The number of hydrogen-bond acceptors (Lipinski definition) is 5. The molecule has 0 radical (unpaired) electrons. The number of anilines is 2. The largest absolute Gasteiger partial charge is 0.495 e. The predicted molar refractivity (Wildman–Crippen MR) is 98.4 cm³/mol. The third-order valence-electron chi connectivity index (χ3n) is 3.24. The molecular weight excluding hydrogens is 360 g/mol. The number of aromatic nitrogens is 2. The molecule has 2 N–H and O–H groups in total. The van der Waals surface area contributed by atoms with E-state index in [1.54, 1.807) is 45.2 Å². The van der Waals surface area contributed by atoms with Crippen LogP contribution in [0.4, 0.5) is 16.2 Å². The lowest BCUT2D eigenvalue weighted by atomic mass is 9.98. The number of rotatable bonds is 5. The summed E-state index contributed by atoms with van der Waals surface area (Å²) >= 11 is 5.93. The van der Waals surface area contributed by atoms with E-state index in [1.165, 1.54) is 18.0 Å². The number of halogens is 1. The summed E-state index contributed by atoms with van der Waals surface area (Å²) in [4.78, 5) is 23.9. The minimum absolute atomic E-state index is 0.0402. The maximum atomic E-state index is 12.1. The SMILES string of the molecule is COc1ccc(Cl)cc1NC(=O)Nc1cnn(COC(=O)C(C)(C)C)c1. The molecule has 2 aromatic rings. The standard InChI is InChI=1S/C17H21ClN4O4/c1-17(2,3)15(23)26-10-22-9-12(8-19-22)20-16(24)21-13-7-11(18)5-6-14(13)25-4/h5-9H,10H2,1-4H3,(H2,20,21,24). The van der Waals surface area contributed by atoms with Crippen molar-refractivity contribution in [3.05, 3.63) is 35.6 Å². The molecule has 9 heteroatoms. The smallest absolute Gasteiger partial charge is 0.323 e. The van der Waals surface area contributed by atoms with Crippen molar-refractivity contribution in [2.24, 2.45) is 5.41 Å². The highest BCUT2D eigenvalue weighted by Crippen LogP contribution is 2.27. The van der Waals surface area contributed by atoms with E-state index < -0.39 is 11.4 Å². The fourth-order valence-electron chi connectivity index (χ4n) is 1.90. The van der Waals surface area contributed by atoms with E-state index in [9.17, 15) is 9.59 Å². The van der Waals surface area contributed by atoms with Crippen molar-refractivity contribution in [3.63, 3.8) is 0 Å². The van der Waals surface area contributed by atoms with E-state index >= 15 is 0 Å². The molecule has 0 saturated carbocycles. The lowest BCUT2D eigenvalue weighted by molar-refractivity contribution is -0.157. The lowest BCUT2D eigenvalue weighted by Gasteiger charge is -2.16. The van der Waals surface area contributed by atoms with Gasteiger partial charge in [-0.1, -0.05) is 11.6 Å². The number of carbonyl (C=O) groups excluding carboxylic acids is 2. The Labute approximate surface area is 156 Å². The second kappa shape index (κ2) is 8.09. The van der Waals surface area contributed by atoms with Gasteiger partial charge in [0.15, 0.2) is 6.73 Å². The average molecular weight is 381 g/mol. The molecule has 2 rings (SSSR count). The molecule has 1 aromatic heterocycles. The van der Waals surface area contributed by atoms with Gasteiger partial charge in [-0.2, -0.15) is 5.10 Å². The number of nitrogens with one attached hydrogen (secondary N) is 2. The van der Waals surface area contributed by atoms with E-state index in [4.69, 9.17) is 21.1 Å². The summed E-state index contributed by atoms with van der Waals surface area (Å²) in [5, 5.41) is 9.77. The van der Waals surface area contributed by atoms with Crippen LogP contribution in [0, 0.1) is 5.41 Å². The van der Waals surface area contributed by atoms with Gasteiger partial charge in [0, 0.05) is 5.02 Å². The fourth-order valence-corrected chi connectivity index (χ4v) is 2.07. The van der Waals surface area contributed by atoms with E-state index in [0.29, 0.717) is 22.1 Å². The maximum absolute atomic E-state index is 12.1. The quantitative estimate of drug-likeness (QED) is 0.770. The van der Waals surface area contributed by atoms with Crippen molar-refractivity contribution >= 4 is 35.0 Å². The van der Waals surface area contributed by atoms with Gasteiger partial charge in [-0.3, -0.25) is 4.79 Å². The summed E-state index contributed by atoms with van der Waals surface area (Å²) in [6, 6.07) is 4.40. The molecule has 0 aliphatic rings. The van der Waals surface area contributed by atoms with Gasteiger partial charge in [-0.25, -0.2) is 9.48 Å². The number of carbonyl (C=O) groups is 2. The van der Waals surface area contributed by atoms with E-state index in [0.717, 1.165) is 0 Å². The number of benzene rings is 1. The number of urea groups is 1. The second-order valence-corrected chi connectivity index (χ2v) is 6.94. The third-order valence-corrected chi connectivity index (χ3v) is 3.48. The Hall–Kier alpha value is -2.74. The number of esters is 1. The van der Waals surface area contributed by atoms with Gasteiger partial charge in [0.05, 0.1) is 36.3 Å². The molecule has 140 valence electrons. The van der Waals surface area contributed by atoms with E-state index in [1.807, 2.05) is 0 Å². The van der Waals surface area contributed by atoms with E-state index in [-0.39, 0.29) is 12.7 Å². The van der Waals surface area contributed by atoms with Gasteiger partial charge in [-0.15, -0.1) is 0 Å². The Balaban J connectivity index is 1.93. The molecule has 2 amide bonds. The Kier molecular flexibility index (Phi) is 6.10. The molecule has 0 atom stereocenters. The topological polar surface area (TPSA) is 94.5 Å². The first kappa shape index (κ1) is 19.6. The number of nitrogens with zero attached hydrogens (tertiary/aromatic N) is 2. The monoisotopic (exact) mass is 380 g/mol. The zero-order valence-electron chi connectivity index (χ0n) is 15.0. The second-order valence-electron chi connectivity index (χ2n) is 6.50. The van der Waals surface area contributed by atoms with Crippen LogP contribution in [0.2, 0.25) is 5.02 Å². The van der Waals surface area contributed by atoms with Crippen molar-refractivity contribution in [1.29, 1.82) is 0 Å². The summed E-state index contributed by atoms with van der Waals surface area (Å²) in [5.74, 6) is 0.141. The van der Waals surface area contributed by atoms with Crippen LogP contribution < -0.4 is 15.4 Å². The first-order valence-corrected chi connectivity index (χ1v) is 8.18. The van der Waals surface area contributed by atoms with Crippen molar-refractivity contribution in [3.8, 4) is 5.75 Å². The Bertz CT molecular complexity index is 798. The highest BCUT2D eigenvalue weighted by Gasteiger charge is 2.23. The Morgan fingerprint density at radius 1 is 1.27 bits per heavy atom. The van der Waals surface area contributed by atoms with Crippen LogP contribution >= 0.6 is 11.6 Å². The van der Waals surface area contributed by atoms with E-state index in [2.05, 4.69) is 15.7 Å². The van der Waals surface area contributed by atoms with Crippen LogP contribution in [0.3, 0.4) is 0 Å². The molecule has 8 nitrogen and oxygen atoms in total. The molecule has 0 aliphatic heterocycles. The third kappa shape index (κ3) is 5.38. The number of amides is 2. The predicted octanol–water partition coefficient (Wildman–Crippen LogP) is 3.74. The highest BCUT2D eigenvalue weighted by atomic mass is 35.5. The van der Waals surface area contributed by atoms with Crippen LogP contribution in [-0.2, 0) is 16.3 Å². The summed E-state index contributed by atoms with van der Waals surface area (Å²) in [6.07, 6.45) is 2.99. The minimum atomic E-state index is -0.593. The first-order valence-electron chi connectivity index (χ1n) is 7.80. The van der Waals surface area contributed by atoms with Crippen LogP contribution in [0.1, 0.15) is 20.8 Å². The van der Waals surface area contributed by atoms with Crippen LogP contribution in [0.5, 0.6) is 5.75 Å².